The SMILES string of the molecule is CC(C)CN(C)C1CC(O)C1. The van der Waals surface area contributed by atoms with Crippen molar-refractivity contribution in [2.75, 3.05) is 13.6 Å². The molecule has 11 heavy (non-hydrogen) atoms. The number of rotatable bonds is 3. The first-order chi connectivity index (χ1) is 5.09. The fraction of sp³-hybridized carbons (Fsp3) is 1.00. The molecule has 2 heteroatoms. The summed E-state index contributed by atoms with van der Waals surface area (Å²) in [5.74, 6) is 0.734. The van der Waals surface area contributed by atoms with Crippen molar-refractivity contribution in [3.8, 4) is 0 Å². The van der Waals surface area contributed by atoms with Gasteiger partial charge in [0, 0.05) is 12.6 Å². The number of aliphatic hydroxyl groups excluding tert-OH is 1. The molecule has 0 radical (unpaired) electrons. The van der Waals surface area contributed by atoms with Crippen LogP contribution in [0.2, 0.25) is 0 Å². The van der Waals surface area contributed by atoms with E-state index in [1.54, 1.807) is 0 Å². The van der Waals surface area contributed by atoms with Gasteiger partial charge in [0.25, 0.3) is 0 Å². The largest absolute Gasteiger partial charge is 0.393 e. The van der Waals surface area contributed by atoms with E-state index in [0.29, 0.717) is 6.04 Å². The molecule has 0 aromatic carbocycles. The molecule has 0 saturated heterocycles. The second-order valence-corrected chi connectivity index (χ2v) is 4.11. The highest BCUT2D eigenvalue weighted by molar-refractivity contribution is 4.85. The highest BCUT2D eigenvalue weighted by atomic mass is 16.3. The van der Waals surface area contributed by atoms with E-state index in [0.717, 1.165) is 25.3 Å². The van der Waals surface area contributed by atoms with Gasteiger partial charge in [-0.15, -0.1) is 0 Å². The molecule has 0 heterocycles. The predicted octanol–water partition coefficient (Wildman–Crippen LogP) is 1.10. The first-order valence-electron chi connectivity index (χ1n) is 4.48. The van der Waals surface area contributed by atoms with E-state index in [-0.39, 0.29) is 6.10 Å². The molecule has 0 bridgehead atoms. The zero-order valence-electron chi connectivity index (χ0n) is 7.75. The molecule has 66 valence electrons. The lowest BCUT2D eigenvalue weighted by Gasteiger charge is -2.39. The summed E-state index contributed by atoms with van der Waals surface area (Å²) in [6, 6.07) is 0.646. The first-order valence-corrected chi connectivity index (χ1v) is 4.48. The highest BCUT2D eigenvalue weighted by Gasteiger charge is 2.30. The maximum atomic E-state index is 9.07. The van der Waals surface area contributed by atoms with Crippen LogP contribution in [0.15, 0.2) is 0 Å². The van der Waals surface area contributed by atoms with Crippen molar-refractivity contribution in [3.63, 3.8) is 0 Å². The lowest BCUT2D eigenvalue weighted by atomic mass is 9.88. The molecule has 0 atom stereocenters. The standard InChI is InChI=1S/C9H19NO/c1-7(2)6-10(3)8-4-9(11)5-8/h7-9,11H,4-6H2,1-3H3. The van der Waals surface area contributed by atoms with Crippen LogP contribution in [0.5, 0.6) is 0 Å². The Kier molecular flexibility index (Phi) is 2.90. The van der Waals surface area contributed by atoms with E-state index in [4.69, 9.17) is 5.11 Å². The van der Waals surface area contributed by atoms with Crippen LogP contribution in [0.25, 0.3) is 0 Å². The van der Waals surface area contributed by atoms with Crippen LogP contribution in [-0.4, -0.2) is 35.7 Å². The summed E-state index contributed by atoms with van der Waals surface area (Å²) < 4.78 is 0. The van der Waals surface area contributed by atoms with E-state index in [2.05, 4.69) is 25.8 Å². The number of aliphatic hydroxyl groups is 1. The average molecular weight is 157 g/mol. The summed E-state index contributed by atoms with van der Waals surface area (Å²) in [4.78, 5) is 2.36. The summed E-state index contributed by atoms with van der Waals surface area (Å²) in [6.07, 6.45) is 1.93. The van der Waals surface area contributed by atoms with Gasteiger partial charge in [0.1, 0.15) is 0 Å². The van der Waals surface area contributed by atoms with E-state index in [9.17, 15) is 0 Å². The van der Waals surface area contributed by atoms with Crippen molar-refractivity contribution in [1.29, 1.82) is 0 Å². The second kappa shape index (κ2) is 3.55. The van der Waals surface area contributed by atoms with E-state index >= 15 is 0 Å². The topological polar surface area (TPSA) is 23.5 Å². The van der Waals surface area contributed by atoms with Crippen LogP contribution in [0.1, 0.15) is 26.7 Å². The molecule has 0 aromatic heterocycles. The Morgan fingerprint density at radius 3 is 2.36 bits per heavy atom. The molecule has 1 fully saturated rings. The maximum Gasteiger partial charge on any atom is 0.0570 e. The monoisotopic (exact) mass is 157 g/mol. The van der Waals surface area contributed by atoms with Crippen molar-refractivity contribution < 1.29 is 5.11 Å². The third kappa shape index (κ3) is 2.46. The van der Waals surface area contributed by atoms with Gasteiger partial charge in [-0.25, -0.2) is 0 Å². The Labute approximate surface area is 69.2 Å². The van der Waals surface area contributed by atoms with Crippen LogP contribution in [0, 0.1) is 5.92 Å². The Bertz CT molecular complexity index is 119. The smallest absolute Gasteiger partial charge is 0.0570 e. The van der Waals surface area contributed by atoms with Crippen LogP contribution in [-0.2, 0) is 0 Å². The predicted molar refractivity (Wildman–Crippen MR) is 46.5 cm³/mol. The zero-order valence-corrected chi connectivity index (χ0v) is 7.75. The minimum Gasteiger partial charge on any atom is -0.393 e. The Hall–Kier alpha value is -0.0800. The van der Waals surface area contributed by atoms with Crippen molar-refractivity contribution >= 4 is 0 Å². The third-order valence-electron chi connectivity index (χ3n) is 2.36. The molecule has 0 unspecified atom stereocenters. The normalized spacial score (nSPS) is 31.1. The zero-order chi connectivity index (χ0) is 8.43. The molecule has 1 saturated carbocycles. The minimum atomic E-state index is -0.0189. The van der Waals surface area contributed by atoms with Crippen LogP contribution in [0.3, 0.4) is 0 Å². The molecule has 2 nitrogen and oxygen atoms in total. The van der Waals surface area contributed by atoms with Crippen molar-refractivity contribution in [3.05, 3.63) is 0 Å². The molecule has 0 spiro atoms. The molecular formula is C9H19NO. The van der Waals surface area contributed by atoms with Gasteiger partial charge in [-0.3, -0.25) is 0 Å². The van der Waals surface area contributed by atoms with Gasteiger partial charge in [-0.05, 0) is 25.8 Å². The van der Waals surface area contributed by atoms with Crippen LogP contribution >= 0.6 is 0 Å². The molecule has 0 amide bonds. The first kappa shape index (κ1) is 9.01. The highest BCUT2D eigenvalue weighted by Crippen LogP contribution is 2.24. The number of hydrogen-bond donors (Lipinski definition) is 1. The quantitative estimate of drug-likeness (QED) is 0.663. The van der Waals surface area contributed by atoms with E-state index < -0.39 is 0 Å². The Morgan fingerprint density at radius 2 is 2.00 bits per heavy atom. The molecule has 1 aliphatic rings. The minimum absolute atomic E-state index is 0.0189. The van der Waals surface area contributed by atoms with Crippen LogP contribution < -0.4 is 0 Å². The summed E-state index contributed by atoms with van der Waals surface area (Å²) in [5.41, 5.74) is 0. The third-order valence-corrected chi connectivity index (χ3v) is 2.36. The maximum absolute atomic E-state index is 9.07. The van der Waals surface area contributed by atoms with Crippen LogP contribution in [0.4, 0.5) is 0 Å². The molecule has 1 rings (SSSR count). The lowest BCUT2D eigenvalue weighted by Crippen LogP contribution is -2.46. The fourth-order valence-electron chi connectivity index (χ4n) is 1.64. The number of hydrogen-bond acceptors (Lipinski definition) is 2. The van der Waals surface area contributed by atoms with Gasteiger partial charge < -0.3 is 10.0 Å². The van der Waals surface area contributed by atoms with Crippen molar-refractivity contribution in [2.45, 2.75) is 38.8 Å². The average Bonchev–Trinajstić information content (AvgIpc) is 1.79. The van der Waals surface area contributed by atoms with Gasteiger partial charge in [0.05, 0.1) is 6.10 Å². The molecule has 1 N–H and O–H groups in total. The van der Waals surface area contributed by atoms with E-state index in [1.165, 1.54) is 0 Å². The summed E-state index contributed by atoms with van der Waals surface area (Å²) in [6.45, 7) is 5.61. The van der Waals surface area contributed by atoms with Gasteiger partial charge in [-0.1, -0.05) is 13.8 Å². The lowest BCUT2D eigenvalue weighted by molar-refractivity contribution is 0.00849. The molecule has 1 aliphatic carbocycles. The summed E-state index contributed by atoms with van der Waals surface area (Å²) in [7, 11) is 2.15. The summed E-state index contributed by atoms with van der Waals surface area (Å²) >= 11 is 0. The van der Waals surface area contributed by atoms with E-state index in [1.807, 2.05) is 0 Å². The second-order valence-electron chi connectivity index (χ2n) is 4.11. The fourth-order valence-corrected chi connectivity index (χ4v) is 1.64. The van der Waals surface area contributed by atoms with Gasteiger partial charge >= 0.3 is 0 Å². The van der Waals surface area contributed by atoms with Gasteiger partial charge in [0.15, 0.2) is 0 Å². The van der Waals surface area contributed by atoms with Gasteiger partial charge in [0.2, 0.25) is 0 Å². The molecule has 0 aromatic rings. The van der Waals surface area contributed by atoms with Gasteiger partial charge in [-0.2, -0.15) is 0 Å². The molecular weight excluding hydrogens is 138 g/mol. The Morgan fingerprint density at radius 1 is 1.45 bits per heavy atom. The summed E-state index contributed by atoms with van der Waals surface area (Å²) in [5, 5.41) is 9.07. The van der Waals surface area contributed by atoms with Crippen molar-refractivity contribution in [1.82, 2.24) is 4.90 Å². The number of nitrogens with zero attached hydrogens (tertiary/aromatic N) is 1. The molecule has 0 aliphatic heterocycles. The Balaban J connectivity index is 2.16. The van der Waals surface area contributed by atoms with Crippen molar-refractivity contribution in [2.24, 2.45) is 5.92 Å².